The Bertz CT molecular complexity index is 593. The van der Waals surface area contributed by atoms with Crippen LogP contribution in [0, 0.1) is 0 Å². The van der Waals surface area contributed by atoms with E-state index in [9.17, 15) is 9.59 Å². The molecule has 0 radical (unpaired) electrons. The van der Waals surface area contributed by atoms with Gasteiger partial charge in [-0.1, -0.05) is 43.2 Å². The lowest BCUT2D eigenvalue weighted by Crippen LogP contribution is -3.29. The lowest BCUT2D eigenvalue weighted by atomic mass is 10.1. The molecule has 1 atom stereocenters. The highest BCUT2D eigenvalue weighted by molar-refractivity contribution is 5.96. The van der Waals surface area contributed by atoms with Gasteiger partial charge < -0.3 is 15.1 Å². The van der Waals surface area contributed by atoms with Crippen LogP contribution >= 0.6 is 0 Å². The van der Waals surface area contributed by atoms with Crippen LogP contribution in [0.15, 0.2) is 30.3 Å². The molecule has 1 aliphatic carbocycles. The Labute approximate surface area is 155 Å². The molecule has 142 valence electrons. The van der Waals surface area contributed by atoms with Crippen LogP contribution in [0.1, 0.15) is 38.2 Å². The summed E-state index contributed by atoms with van der Waals surface area (Å²) < 4.78 is 0. The average Bonchev–Trinajstić information content (AvgIpc) is 3.15. The monoisotopic (exact) mass is 360 g/mol. The standard InChI is InChI=1S/C20H30N4O2/c1-16(19(25)22-20(26)21-18-9-5-6-10-18)24-13-11-23(12-14-24)15-17-7-3-2-4-8-17/h2-4,7-8,16,18H,5-6,9-15H2,1H3,(H2,21,22,25,26)/p+2/t16-/m0/s1. The quantitative estimate of drug-likeness (QED) is 0.551. The molecule has 6 nitrogen and oxygen atoms in total. The van der Waals surface area contributed by atoms with Crippen molar-refractivity contribution >= 4 is 11.9 Å². The molecule has 4 N–H and O–H groups in total. The van der Waals surface area contributed by atoms with Crippen LogP contribution in [0.3, 0.4) is 0 Å². The fraction of sp³-hybridized carbons (Fsp3) is 0.600. The zero-order valence-electron chi connectivity index (χ0n) is 15.7. The van der Waals surface area contributed by atoms with Gasteiger partial charge in [-0.2, -0.15) is 0 Å². The summed E-state index contributed by atoms with van der Waals surface area (Å²) >= 11 is 0. The van der Waals surface area contributed by atoms with Crippen molar-refractivity contribution in [2.24, 2.45) is 0 Å². The van der Waals surface area contributed by atoms with Crippen molar-refractivity contribution in [2.75, 3.05) is 26.2 Å². The van der Waals surface area contributed by atoms with Gasteiger partial charge in [0.2, 0.25) is 0 Å². The highest BCUT2D eigenvalue weighted by atomic mass is 16.2. The van der Waals surface area contributed by atoms with E-state index in [1.807, 2.05) is 13.0 Å². The van der Waals surface area contributed by atoms with Crippen LogP contribution in [-0.2, 0) is 11.3 Å². The number of carbonyl (C=O) groups excluding carboxylic acids is 2. The van der Waals surface area contributed by atoms with Crippen LogP contribution in [-0.4, -0.2) is 50.2 Å². The van der Waals surface area contributed by atoms with Crippen LogP contribution in [0.2, 0.25) is 0 Å². The summed E-state index contributed by atoms with van der Waals surface area (Å²) in [6.45, 7) is 6.99. The number of imide groups is 1. The van der Waals surface area contributed by atoms with E-state index in [-0.39, 0.29) is 24.0 Å². The predicted molar refractivity (Wildman–Crippen MR) is 99.9 cm³/mol. The molecular formula is C20H32N4O2+2. The molecule has 1 saturated heterocycles. The number of hydrogen-bond acceptors (Lipinski definition) is 2. The van der Waals surface area contributed by atoms with E-state index in [1.54, 1.807) is 4.90 Å². The van der Waals surface area contributed by atoms with Gasteiger partial charge in [0.05, 0.1) is 0 Å². The molecule has 2 aliphatic rings. The molecule has 3 amide bonds. The van der Waals surface area contributed by atoms with Crippen LogP contribution in [0.4, 0.5) is 4.79 Å². The number of carbonyl (C=O) groups is 2. The summed E-state index contributed by atoms with van der Waals surface area (Å²) in [5.74, 6) is -0.165. The zero-order chi connectivity index (χ0) is 18.4. The van der Waals surface area contributed by atoms with Crippen LogP contribution in [0.5, 0.6) is 0 Å². The number of rotatable bonds is 5. The first kappa shape index (κ1) is 18.9. The smallest absolute Gasteiger partial charge is 0.321 e. The minimum atomic E-state index is -0.332. The van der Waals surface area contributed by atoms with Crippen molar-refractivity contribution < 1.29 is 19.4 Å². The maximum absolute atomic E-state index is 12.4. The first-order valence-electron chi connectivity index (χ1n) is 9.95. The van der Waals surface area contributed by atoms with Gasteiger partial charge in [-0.05, 0) is 19.8 Å². The summed E-state index contributed by atoms with van der Waals surface area (Å²) in [5, 5.41) is 5.46. The van der Waals surface area contributed by atoms with Crippen molar-refractivity contribution in [3.05, 3.63) is 35.9 Å². The molecule has 6 heteroatoms. The number of nitrogens with one attached hydrogen (secondary N) is 4. The Hall–Kier alpha value is -1.92. The Morgan fingerprint density at radius 1 is 1.08 bits per heavy atom. The van der Waals surface area contributed by atoms with Gasteiger partial charge in [0.1, 0.15) is 32.7 Å². The van der Waals surface area contributed by atoms with Crippen molar-refractivity contribution in [3.63, 3.8) is 0 Å². The molecule has 1 aromatic carbocycles. The summed E-state index contributed by atoms with van der Waals surface area (Å²) in [6, 6.07) is 10.3. The van der Waals surface area contributed by atoms with Gasteiger partial charge in [-0.25, -0.2) is 4.79 Å². The van der Waals surface area contributed by atoms with Crippen molar-refractivity contribution in [1.82, 2.24) is 10.6 Å². The minimum absolute atomic E-state index is 0.165. The van der Waals surface area contributed by atoms with E-state index in [4.69, 9.17) is 0 Å². The topological polar surface area (TPSA) is 67.1 Å². The Morgan fingerprint density at radius 3 is 2.38 bits per heavy atom. The lowest BCUT2D eigenvalue weighted by Gasteiger charge is -2.32. The lowest BCUT2D eigenvalue weighted by molar-refractivity contribution is -1.02. The molecule has 1 saturated carbocycles. The third-order valence-electron chi connectivity index (χ3n) is 5.83. The van der Waals surface area contributed by atoms with Gasteiger partial charge >= 0.3 is 6.03 Å². The van der Waals surface area contributed by atoms with Gasteiger partial charge in [0.25, 0.3) is 5.91 Å². The van der Waals surface area contributed by atoms with Crippen LogP contribution in [0.25, 0.3) is 0 Å². The first-order valence-corrected chi connectivity index (χ1v) is 9.95. The summed E-state index contributed by atoms with van der Waals surface area (Å²) in [6.07, 6.45) is 4.37. The predicted octanol–water partition coefficient (Wildman–Crippen LogP) is -0.873. The van der Waals surface area contributed by atoms with Gasteiger partial charge in [0.15, 0.2) is 6.04 Å². The highest BCUT2D eigenvalue weighted by Gasteiger charge is 2.32. The second-order valence-corrected chi connectivity index (χ2v) is 7.74. The SMILES string of the molecule is C[C@@H](C(=O)NC(=O)NC1CCCC1)[NH+]1CC[NH+](Cc2ccccc2)CC1. The van der Waals surface area contributed by atoms with Gasteiger partial charge in [-0.3, -0.25) is 10.1 Å². The summed E-state index contributed by atoms with van der Waals surface area (Å²) in [4.78, 5) is 27.2. The molecule has 1 aliphatic heterocycles. The molecule has 0 aromatic heterocycles. The molecule has 3 rings (SSSR count). The Kier molecular flexibility index (Phi) is 6.63. The fourth-order valence-electron chi connectivity index (χ4n) is 4.12. The normalized spacial score (nSPS) is 24.8. The molecule has 26 heavy (non-hydrogen) atoms. The first-order chi connectivity index (χ1) is 12.6. The van der Waals surface area contributed by atoms with Crippen molar-refractivity contribution in [1.29, 1.82) is 0 Å². The Morgan fingerprint density at radius 2 is 1.73 bits per heavy atom. The van der Waals surface area contributed by atoms with E-state index in [2.05, 4.69) is 34.9 Å². The molecule has 0 spiro atoms. The summed E-state index contributed by atoms with van der Waals surface area (Å²) in [7, 11) is 0. The molecule has 0 bridgehead atoms. The van der Waals surface area contributed by atoms with E-state index < -0.39 is 0 Å². The van der Waals surface area contributed by atoms with Gasteiger partial charge in [0, 0.05) is 11.6 Å². The maximum Gasteiger partial charge on any atom is 0.321 e. The average molecular weight is 361 g/mol. The summed E-state index contributed by atoms with van der Waals surface area (Å²) in [5.41, 5.74) is 1.36. The second kappa shape index (κ2) is 9.14. The maximum atomic E-state index is 12.4. The molecular weight excluding hydrogens is 328 g/mol. The molecule has 0 unspecified atom stereocenters. The Balaban J connectivity index is 1.40. The minimum Gasteiger partial charge on any atom is -0.335 e. The highest BCUT2D eigenvalue weighted by Crippen LogP contribution is 2.17. The zero-order valence-corrected chi connectivity index (χ0v) is 15.7. The fourth-order valence-corrected chi connectivity index (χ4v) is 4.12. The number of urea groups is 1. The van der Waals surface area contributed by atoms with E-state index in [0.717, 1.165) is 58.4 Å². The number of hydrogen-bond donors (Lipinski definition) is 4. The molecule has 1 heterocycles. The van der Waals surface area contributed by atoms with Crippen LogP contribution < -0.4 is 20.4 Å². The van der Waals surface area contributed by atoms with E-state index in [1.165, 1.54) is 10.5 Å². The van der Waals surface area contributed by atoms with Crippen molar-refractivity contribution in [3.8, 4) is 0 Å². The van der Waals surface area contributed by atoms with Crippen molar-refractivity contribution in [2.45, 2.75) is 51.2 Å². The largest absolute Gasteiger partial charge is 0.335 e. The van der Waals surface area contributed by atoms with Gasteiger partial charge in [-0.15, -0.1) is 0 Å². The number of quaternary nitrogens is 2. The van der Waals surface area contributed by atoms with E-state index >= 15 is 0 Å². The van der Waals surface area contributed by atoms with E-state index in [0.29, 0.717) is 0 Å². The third kappa shape index (κ3) is 5.29. The third-order valence-corrected chi connectivity index (χ3v) is 5.83. The molecule has 2 fully saturated rings. The number of benzene rings is 1. The number of amides is 3. The molecule has 1 aromatic rings. The number of piperazine rings is 1. The second-order valence-electron chi connectivity index (χ2n) is 7.74.